The summed E-state index contributed by atoms with van der Waals surface area (Å²) in [4.78, 5) is 0. The summed E-state index contributed by atoms with van der Waals surface area (Å²) in [6.45, 7) is 8.41. The van der Waals surface area contributed by atoms with Crippen molar-refractivity contribution in [3.05, 3.63) is 29.6 Å². The van der Waals surface area contributed by atoms with E-state index in [1.807, 2.05) is 0 Å². The van der Waals surface area contributed by atoms with Crippen LogP contribution < -0.4 is 5.12 Å². The van der Waals surface area contributed by atoms with Crippen molar-refractivity contribution in [3.8, 4) is 0 Å². The molecule has 1 rings (SSSR count). The van der Waals surface area contributed by atoms with Crippen LogP contribution in [0.2, 0.25) is 0 Å². The minimum absolute atomic E-state index is 0.283. The number of hydrogen-bond acceptors (Lipinski definition) is 3. The van der Waals surface area contributed by atoms with Gasteiger partial charge in [0.15, 0.2) is 0 Å². The van der Waals surface area contributed by atoms with Gasteiger partial charge in [-0.15, -0.1) is 0 Å². The molecule has 3 nitrogen and oxygen atoms in total. The van der Waals surface area contributed by atoms with Gasteiger partial charge in [-0.05, 0) is 30.7 Å². The molecule has 0 radical (unpaired) electrons. The van der Waals surface area contributed by atoms with Gasteiger partial charge in [-0.3, -0.25) is 0 Å². The topological polar surface area (TPSA) is 28.0 Å². The summed E-state index contributed by atoms with van der Waals surface area (Å²) in [6, 6.07) is 4.32. The third-order valence-electron chi connectivity index (χ3n) is 1.64. The molecular formula is C9H10FN3. The summed E-state index contributed by atoms with van der Waals surface area (Å²) in [7, 11) is 0. The Morgan fingerprint density at radius 1 is 1.31 bits per heavy atom. The van der Waals surface area contributed by atoms with Gasteiger partial charge in [-0.25, -0.2) is 4.39 Å². The van der Waals surface area contributed by atoms with Crippen LogP contribution in [0.3, 0.4) is 0 Å². The monoisotopic (exact) mass is 179 g/mol. The van der Waals surface area contributed by atoms with Crippen LogP contribution in [-0.4, -0.2) is 13.4 Å². The van der Waals surface area contributed by atoms with E-state index in [0.29, 0.717) is 5.69 Å². The Labute approximate surface area is 76.2 Å². The molecule has 13 heavy (non-hydrogen) atoms. The van der Waals surface area contributed by atoms with Gasteiger partial charge in [0, 0.05) is 13.4 Å². The fourth-order valence-corrected chi connectivity index (χ4v) is 1.04. The minimum Gasteiger partial charge on any atom is -0.207 e. The largest absolute Gasteiger partial charge is 0.207 e. The predicted molar refractivity (Wildman–Crippen MR) is 52.7 cm³/mol. The molecule has 0 amide bonds. The van der Waals surface area contributed by atoms with Crippen molar-refractivity contribution in [1.82, 2.24) is 0 Å². The smallest absolute Gasteiger partial charge is 0.123 e. The van der Waals surface area contributed by atoms with Crippen molar-refractivity contribution < 1.29 is 4.39 Å². The summed E-state index contributed by atoms with van der Waals surface area (Å²) in [5.41, 5.74) is 1.41. The Morgan fingerprint density at radius 2 is 1.92 bits per heavy atom. The maximum atomic E-state index is 12.7. The molecule has 0 atom stereocenters. The molecule has 0 bridgehead atoms. The molecule has 0 aliphatic carbocycles. The van der Waals surface area contributed by atoms with Crippen LogP contribution in [0.25, 0.3) is 0 Å². The van der Waals surface area contributed by atoms with Gasteiger partial charge < -0.3 is 0 Å². The van der Waals surface area contributed by atoms with Gasteiger partial charge >= 0.3 is 0 Å². The first-order valence-corrected chi connectivity index (χ1v) is 3.68. The molecular weight excluding hydrogens is 169 g/mol. The zero-order valence-electron chi connectivity index (χ0n) is 7.37. The van der Waals surface area contributed by atoms with Crippen LogP contribution in [-0.2, 0) is 0 Å². The second-order valence-electron chi connectivity index (χ2n) is 2.50. The fraction of sp³-hybridized carbons (Fsp3) is 0.111. The molecule has 0 aromatic heterocycles. The lowest BCUT2D eigenvalue weighted by Gasteiger charge is -2.13. The fourth-order valence-electron chi connectivity index (χ4n) is 1.04. The lowest BCUT2D eigenvalue weighted by atomic mass is 10.2. The predicted octanol–water partition coefficient (Wildman–Crippen LogP) is 2.17. The second kappa shape index (κ2) is 3.80. The number of halogens is 1. The van der Waals surface area contributed by atoms with E-state index >= 15 is 0 Å². The number of hydrogen-bond donors (Lipinski definition) is 0. The van der Waals surface area contributed by atoms with Crippen LogP contribution in [0.1, 0.15) is 5.56 Å². The maximum absolute atomic E-state index is 12.7. The van der Waals surface area contributed by atoms with E-state index < -0.39 is 0 Å². The molecule has 0 saturated carbocycles. The van der Waals surface area contributed by atoms with E-state index in [1.165, 1.54) is 17.3 Å². The van der Waals surface area contributed by atoms with Gasteiger partial charge in [-0.2, -0.15) is 15.3 Å². The van der Waals surface area contributed by atoms with Crippen LogP contribution in [0.4, 0.5) is 10.1 Å². The molecule has 0 N–H and O–H groups in total. The Kier molecular flexibility index (Phi) is 2.74. The molecule has 0 heterocycles. The van der Waals surface area contributed by atoms with Crippen molar-refractivity contribution in [2.75, 3.05) is 5.12 Å². The van der Waals surface area contributed by atoms with Crippen LogP contribution in [0.15, 0.2) is 28.4 Å². The Hall–Kier alpha value is -1.71. The van der Waals surface area contributed by atoms with E-state index in [2.05, 4.69) is 23.6 Å². The average molecular weight is 179 g/mol. The number of aryl methyl sites for hydroxylation is 1. The second-order valence-corrected chi connectivity index (χ2v) is 2.50. The summed E-state index contributed by atoms with van der Waals surface area (Å²) >= 11 is 0. The number of rotatable bonds is 3. The van der Waals surface area contributed by atoms with E-state index in [1.54, 1.807) is 13.0 Å². The summed E-state index contributed by atoms with van der Waals surface area (Å²) in [6.07, 6.45) is 0. The van der Waals surface area contributed by atoms with Gasteiger partial charge in [0.2, 0.25) is 0 Å². The van der Waals surface area contributed by atoms with Gasteiger partial charge in [-0.1, -0.05) is 0 Å². The first-order chi connectivity index (χ1) is 6.19. The van der Waals surface area contributed by atoms with Crippen LogP contribution in [0, 0.1) is 12.7 Å². The molecule has 1 aromatic carbocycles. The standard InChI is InChI=1S/C9H10FN3/c1-7-6-8(10)4-5-9(7)13(11-2)12-3/h4-6H,2-3H2,1H3. The minimum atomic E-state index is -0.283. The molecule has 4 heteroatoms. The molecule has 0 spiro atoms. The lowest BCUT2D eigenvalue weighted by Crippen LogP contribution is -2.07. The van der Waals surface area contributed by atoms with Crippen molar-refractivity contribution >= 4 is 19.1 Å². The number of hydrazone groups is 2. The van der Waals surface area contributed by atoms with Crippen LogP contribution in [0.5, 0.6) is 0 Å². The number of benzene rings is 1. The van der Waals surface area contributed by atoms with Gasteiger partial charge in [0.05, 0.1) is 5.69 Å². The molecule has 0 aliphatic heterocycles. The third-order valence-corrected chi connectivity index (χ3v) is 1.64. The van der Waals surface area contributed by atoms with Crippen molar-refractivity contribution in [1.29, 1.82) is 0 Å². The highest BCUT2D eigenvalue weighted by molar-refractivity contribution is 5.54. The Balaban J connectivity index is 3.13. The molecule has 0 fully saturated rings. The van der Waals surface area contributed by atoms with Crippen molar-refractivity contribution in [2.24, 2.45) is 10.2 Å². The Morgan fingerprint density at radius 3 is 2.38 bits per heavy atom. The first-order valence-electron chi connectivity index (χ1n) is 3.68. The van der Waals surface area contributed by atoms with E-state index in [9.17, 15) is 4.39 Å². The SMILES string of the molecule is C=NN(N=C)c1ccc(F)cc1C. The summed E-state index contributed by atoms with van der Waals surface area (Å²) in [5, 5.41) is 8.44. The lowest BCUT2D eigenvalue weighted by molar-refractivity contribution is 0.626. The molecule has 0 aliphatic rings. The van der Waals surface area contributed by atoms with E-state index in [4.69, 9.17) is 0 Å². The molecule has 68 valence electrons. The highest BCUT2D eigenvalue weighted by Gasteiger charge is 2.05. The molecule has 0 saturated heterocycles. The maximum Gasteiger partial charge on any atom is 0.123 e. The highest BCUT2D eigenvalue weighted by atomic mass is 19.1. The summed E-state index contributed by atoms with van der Waals surface area (Å²) in [5.74, 6) is -0.283. The first kappa shape index (κ1) is 9.38. The Bertz CT molecular complexity index is 328. The van der Waals surface area contributed by atoms with Crippen molar-refractivity contribution in [3.63, 3.8) is 0 Å². The van der Waals surface area contributed by atoms with Crippen molar-refractivity contribution in [2.45, 2.75) is 6.92 Å². The van der Waals surface area contributed by atoms with Crippen LogP contribution >= 0.6 is 0 Å². The van der Waals surface area contributed by atoms with Gasteiger partial charge in [0.1, 0.15) is 5.82 Å². The quantitative estimate of drug-likeness (QED) is 0.516. The summed E-state index contributed by atoms with van der Waals surface area (Å²) < 4.78 is 12.7. The molecule has 0 unspecified atom stereocenters. The average Bonchev–Trinajstić information content (AvgIpc) is 2.10. The zero-order chi connectivity index (χ0) is 9.84. The highest BCUT2D eigenvalue weighted by Crippen LogP contribution is 2.20. The zero-order valence-corrected chi connectivity index (χ0v) is 7.37. The third kappa shape index (κ3) is 1.90. The van der Waals surface area contributed by atoms with Gasteiger partial charge in [0.25, 0.3) is 0 Å². The normalized spacial score (nSPS) is 9.38. The number of nitrogens with zero attached hydrogens (tertiary/aromatic N) is 3. The van der Waals surface area contributed by atoms with E-state index in [0.717, 1.165) is 5.56 Å². The number of anilines is 1. The van der Waals surface area contributed by atoms with E-state index in [-0.39, 0.29) is 5.82 Å². The molecule has 1 aromatic rings.